The third-order valence-electron chi connectivity index (χ3n) is 3.01. The second-order valence-electron chi connectivity index (χ2n) is 4.49. The van der Waals surface area contributed by atoms with Crippen molar-refractivity contribution in [1.29, 1.82) is 0 Å². The minimum absolute atomic E-state index is 0.233. The molecule has 0 bridgehead atoms. The second kappa shape index (κ2) is 6.01. The minimum Gasteiger partial charge on any atom is -0.486 e. The van der Waals surface area contributed by atoms with Gasteiger partial charge in [-0.3, -0.25) is 0 Å². The van der Waals surface area contributed by atoms with Crippen molar-refractivity contribution in [2.75, 3.05) is 25.1 Å². The number of rotatable bonds is 5. The van der Waals surface area contributed by atoms with Gasteiger partial charge in [-0.25, -0.2) is 9.78 Å². The molecule has 3 rings (SSSR count). The standard InChI is InChI=1S/C14H14N2O4S/c17-13(18)12-8-16-14(21-12)15-4-3-9-1-2-10-11(7-9)20-6-5-19-10/h1-2,7-8H,3-6H2,(H,15,16)(H,17,18). The summed E-state index contributed by atoms with van der Waals surface area (Å²) < 4.78 is 11.0. The van der Waals surface area contributed by atoms with Crippen molar-refractivity contribution in [3.8, 4) is 11.5 Å². The lowest BCUT2D eigenvalue weighted by atomic mass is 10.1. The van der Waals surface area contributed by atoms with Crippen molar-refractivity contribution in [2.45, 2.75) is 6.42 Å². The topological polar surface area (TPSA) is 80.7 Å². The lowest BCUT2D eigenvalue weighted by Gasteiger charge is -2.18. The number of anilines is 1. The summed E-state index contributed by atoms with van der Waals surface area (Å²) in [5.74, 6) is 0.609. The number of hydrogen-bond acceptors (Lipinski definition) is 6. The molecule has 1 aliphatic heterocycles. The molecule has 2 N–H and O–H groups in total. The average Bonchev–Trinajstić information content (AvgIpc) is 2.96. The van der Waals surface area contributed by atoms with Crippen LogP contribution in [0, 0.1) is 0 Å². The first-order valence-electron chi connectivity index (χ1n) is 6.54. The van der Waals surface area contributed by atoms with Crippen LogP contribution in [0.4, 0.5) is 5.13 Å². The van der Waals surface area contributed by atoms with E-state index in [2.05, 4.69) is 10.3 Å². The third kappa shape index (κ3) is 3.25. The van der Waals surface area contributed by atoms with Crippen LogP contribution in [0.15, 0.2) is 24.4 Å². The first-order valence-corrected chi connectivity index (χ1v) is 7.35. The van der Waals surface area contributed by atoms with E-state index >= 15 is 0 Å². The van der Waals surface area contributed by atoms with E-state index in [9.17, 15) is 4.79 Å². The molecular weight excluding hydrogens is 292 g/mol. The molecule has 0 unspecified atom stereocenters. The van der Waals surface area contributed by atoms with E-state index in [1.54, 1.807) is 0 Å². The molecule has 0 radical (unpaired) electrons. The number of thiazole rings is 1. The van der Waals surface area contributed by atoms with Gasteiger partial charge in [0.1, 0.15) is 18.1 Å². The van der Waals surface area contributed by atoms with Crippen molar-refractivity contribution in [3.05, 3.63) is 34.8 Å². The van der Waals surface area contributed by atoms with Crippen LogP contribution < -0.4 is 14.8 Å². The van der Waals surface area contributed by atoms with Crippen molar-refractivity contribution >= 4 is 22.4 Å². The van der Waals surface area contributed by atoms with Gasteiger partial charge >= 0.3 is 5.97 Å². The number of carboxylic acid groups (broad SMARTS) is 1. The maximum atomic E-state index is 10.8. The number of carboxylic acids is 1. The summed E-state index contributed by atoms with van der Waals surface area (Å²) in [5, 5.41) is 12.6. The van der Waals surface area contributed by atoms with Crippen LogP contribution in [0.3, 0.4) is 0 Å². The zero-order valence-electron chi connectivity index (χ0n) is 11.2. The van der Waals surface area contributed by atoms with Gasteiger partial charge in [-0.15, -0.1) is 0 Å². The van der Waals surface area contributed by atoms with E-state index in [1.165, 1.54) is 6.20 Å². The predicted octanol–water partition coefficient (Wildman–Crippen LogP) is 2.27. The molecule has 2 aromatic rings. The van der Waals surface area contributed by atoms with Gasteiger partial charge in [0.15, 0.2) is 16.6 Å². The zero-order valence-corrected chi connectivity index (χ0v) is 12.0. The van der Waals surface area contributed by atoms with Gasteiger partial charge in [-0.1, -0.05) is 17.4 Å². The van der Waals surface area contributed by atoms with Crippen molar-refractivity contribution in [1.82, 2.24) is 4.98 Å². The van der Waals surface area contributed by atoms with Crippen molar-refractivity contribution < 1.29 is 19.4 Å². The number of nitrogens with one attached hydrogen (secondary N) is 1. The Balaban J connectivity index is 1.56. The summed E-state index contributed by atoms with van der Waals surface area (Å²) in [5.41, 5.74) is 1.13. The van der Waals surface area contributed by atoms with E-state index in [0.29, 0.717) is 24.9 Å². The largest absolute Gasteiger partial charge is 0.486 e. The van der Waals surface area contributed by atoms with Gasteiger partial charge in [0, 0.05) is 6.54 Å². The summed E-state index contributed by atoms with van der Waals surface area (Å²) in [6.07, 6.45) is 2.15. The van der Waals surface area contributed by atoms with Crippen molar-refractivity contribution in [2.24, 2.45) is 0 Å². The molecule has 110 valence electrons. The first kappa shape index (κ1) is 13.7. The number of nitrogens with zero attached hydrogens (tertiary/aromatic N) is 1. The highest BCUT2D eigenvalue weighted by Gasteiger charge is 2.12. The number of aromatic nitrogens is 1. The average molecular weight is 306 g/mol. The Morgan fingerprint density at radius 2 is 2.14 bits per heavy atom. The Morgan fingerprint density at radius 3 is 2.90 bits per heavy atom. The summed E-state index contributed by atoms with van der Waals surface area (Å²) >= 11 is 1.13. The lowest BCUT2D eigenvalue weighted by molar-refractivity contribution is 0.0702. The molecule has 1 aromatic heterocycles. The van der Waals surface area contributed by atoms with E-state index < -0.39 is 5.97 Å². The Bertz CT molecular complexity index is 656. The van der Waals surface area contributed by atoms with Gasteiger partial charge in [0.25, 0.3) is 0 Å². The molecule has 1 aromatic carbocycles. The van der Waals surface area contributed by atoms with Crippen molar-refractivity contribution in [3.63, 3.8) is 0 Å². The van der Waals surface area contributed by atoms with Gasteiger partial charge in [-0.2, -0.15) is 0 Å². The predicted molar refractivity (Wildman–Crippen MR) is 78.7 cm³/mol. The smallest absolute Gasteiger partial charge is 0.347 e. The fourth-order valence-corrected chi connectivity index (χ4v) is 2.69. The molecule has 0 atom stereocenters. The molecule has 0 aliphatic carbocycles. The SMILES string of the molecule is O=C(O)c1cnc(NCCc2ccc3c(c2)OCCO3)s1. The zero-order chi connectivity index (χ0) is 14.7. The molecule has 0 amide bonds. The van der Waals surface area contributed by atoms with Crippen LogP contribution in [-0.4, -0.2) is 35.8 Å². The fourth-order valence-electron chi connectivity index (χ4n) is 2.01. The van der Waals surface area contributed by atoms with E-state index in [-0.39, 0.29) is 4.88 Å². The monoisotopic (exact) mass is 306 g/mol. The Kier molecular flexibility index (Phi) is 3.92. The first-order chi connectivity index (χ1) is 10.2. The number of carbonyl (C=O) groups is 1. The molecule has 7 heteroatoms. The molecule has 0 saturated heterocycles. The molecule has 21 heavy (non-hydrogen) atoms. The Morgan fingerprint density at radius 1 is 1.33 bits per heavy atom. The third-order valence-corrected chi connectivity index (χ3v) is 3.96. The number of ether oxygens (including phenoxy) is 2. The van der Waals surface area contributed by atoms with E-state index in [0.717, 1.165) is 34.8 Å². The van der Waals surface area contributed by atoms with Crippen LogP contribution in [0.5, 0.6) is 11.5 Å². The maximum absolute atomic E-state index is 10.8. The van der Waals surface area contributed by atoms with Crippen LogP contribution in [0.25, 0.3) is 0 Å². The Hall–Kier alpha value is -2.28. The molecule has 0 fully saturated rings. The van der Waals surface area contributed by atoms with Gasteiger partial charge in [-0.05, 0) is 24.1 Å². The second-order valence-corrected chi connectivity index (χ2v) is 5.52. The molecule has 0 spiro atoms. The molecule has 2 heterocycles. The lowest BCUT2D eigenvalue weighted by Crippen LogP contribution is -2.15. The number of benzene rings is 1. The highest BCUT2D eigenvalue weighted by atomic mass is 32.1. The normalized spacial score (nSPS) is 13.0. The van der Waals surface area contributed by atoms with Crippen LogP contribution in [-0.2, 0) is 6.42 Å². The number of aromatic carboxylic acids is 1. The summed E-state index contributed by atoms with van der Waals surface area (Å²) in [4.78, 5) is 15.0. The van der Waals surface area contributed by atoms with E-state index in [1.807, 2.05) is 18.2 Å². The maximum Gasteiger partial charge on any atom is 0.347 e. The molecule has 6 nitrogen and oxygen atoms in total. The summed E-state index contributed by atoms with van der Waals surface area (Å²) in [6.45, 7) is 1.84. The quantitative estimate of drug-likeness (QED) is 0.882. The number of hydrogen-bond donors (Lipinski definition) is 2. The molecule has 1 aliphatic rings. The molecule has 0 saturated carbocycles. The fraction of sp³-hybridized carbons (Fsp3) is 0.286. The van der Waals surface area contributed by atoms with Crippen LogP contribution in [0.2, 0.25) is 0 Å². The highest BCUT2D eigenvalue weighted by molar-refractivity contribution is 7.17. The summed E-state index contributed by atoms with van der Waals surface area (Å²) in [6, 6.07) is 5.89. The summed E-state index contributed by atoms with van der Waals surface area (Å²) in [7, 11) is 0. The van der Waals surface area contributed by atoms with Crippen LogP contribution in [0.1, 0.15) is 15.2 Å². The highest BCUT2D eigenvalue weighted by Crippen LogP contribution is 2.30. The minimum atomic E-state index is -0.951. The number of fused-ring (bicyclic) bond motifs is 1. The van der Waals surface area contributed by atoms with Gasteiger partial charge < -0.3 is 19.9 Å². The van der Waals surface area contributed by atoms with Crippen LogP contribution >= 0.6 is 11.3 Å². The Labute approximate surface area is 125 Å². The van der Waals surface area contributed by atoms with E-state index in [4.69, 9.17) is 14.6 Å². The van der Waals surface area contributed by atoms with Gasteiger partial charge in [0.05, 0.1) is 6.20 Å². The molecular formula is C14H14N2O4S. The van der Waals surface area contributed by atoms with Gasteiger partial charge in [0.2, 0.25) is 0 Å².